The fourth-order valence-electron chi connectivity index (χ4n) is 1.77. The molecule has 0 aromatic carbocycles. The maximum Gasteiger partial charge on any atom is 0.000963 e. The van der Waals surface area contributed by atoms with Gasteiger partial charge in [-0.3, -0.25) is 0 Å². The minimum absolute atomic E-state index is 0.935. The summed E-state index contributed by atoms with van der Waals surface area (Å²) in [6.07, 6.45) is 2.77. The summed E-state index contributed by atoms with van der Waals surface area (Å²) in [5.41, 5.74) is 0. The maximum absolute atomic E-state index is 2.44. The Kier molecular flexibility index (Phi) is 2.72. The maximum atomic E-state index is 2.44. The van der Waals surface area contributed by atoms with Crippen molar-refractivity contribution in [2.24, 2.45) is 11.8 Å². The van der Waals surface area contributed by atoms with Crippen molar-refractivity contribution in [1.82, 2.24) is 4.90 Å². The molecule has 0 aromatic heterocycles. The molecule has 1 rings (SSSR count). The van der Waals surface area contributed by atoms with Crippen LogP contribution >= 0.6 is 0 Å². The van der Waals surface area contributed by atoms with Gasteiger partial charge in [-0.1, -0.05) is 20.3 Å². The molecule has 60 valence electrons. The molecular weight excluding hydrogens is 122 g/mol. The summed E-state index contributed by atoms with van der Waals surface area (Å²) < 4.78 is 0. The first-order valence-corrected chi connectivity index (χ1v) is 4.42. The highest BCUT2D eigenvalue weighted by Crippen LogP contribution is 2.24. The molecule has 1 fully saturated rings. The van der Waals surface area contributed by atoms with Crippen molar-refractivity contribution in [3.05, 3.63) is 0 Å². The van der Waals surface area contributed by atoms with Crippen LogP contribution in [0.1, 0.15) is 26.7 Å². The summed E-state index contributed by atoms with van der Waals surface area (Å²) in [5, 5.41) is 0. The molecule has 0 aliphatic carbocycles. The Morgan fingerprint density at radius 2 is 2.30 bits per heavy atom. The average molecular weight is 141 g/mol. The molecule has 0 saturated carbocycles. The third-order valence-corrected chi connectivity index (χ3v) is 2.88. The molecule has 1 heteroatoms. The van der Waals surface area contributed by atoms with Gasteiger partial charge < -0.3 is 4.90 Å². The summed E-state index contributed by atoms with van der Waals surface area (Å²) in [6, 6.07) is 0. The van der Waals surface area contributed by atoms with Crippen LogP contribution in [0.3, 0.4) is 0 Å². The molecule has 1 aliphatic heterocycles. The Balaban J connectivity index is 2.29. The molecule has 1 aliphatic rings. The molecule has 0 radical (unpaired) electrons. The van der Waals surface area contributed by atoms with Gasteiger partial charge in [-0.25, -0.2) is 0 Å². The quantitative estimate of drug-likeness (QED) is 0.568. The molecule has 2 atom stereocenters. The highest BCUT2D eigenvalue weighted by molar-refractivity contribution is 4.76. The van der Waals surface area contributed by atoms with Crippen LogP contribution in [0.15, 0.2) is 0 Å². The normalized spacial score (nSPS) is 30.9. The first kappa shape index (κ1) is 8.06. The minimum atomic E-state index is 0.935. The van der Waals surface area contributed by atoms with Crippen LogP contribution in [0.25, 0.3) is 0 Å². The van der Waals surface area contributed by atoms with Gasteiger partial charge in [0.2, 0.25) is 0 Å². The van der Waals surface area contributed by atoms with Gasteiger partial charge in [-0.05, 0) is 31.8 Å². The molecule has 10 heavy (non-hydrogen) atoms. The molecule has 1 saturated heterocycles. The fourth-order valence-corrected chi connectivity index (χ4v) is 1.77. The summed E-state index contributed by atoms with van der Waals surface area (Å²) in [4.78, 5) is 2.44. The Labute approximate surface area is 64.4 Å². The predicted octanol–water partition coefficient (Wildman–Crippen LogP) is 1.98. The van der Waals surface area contributed by atoms with Gasteiger partial charge in [-0.2, -0.15) is 0 Å². The molecule has 1 heterocycles. The van der Waals surface area contributed by atoms with Crippen molar-refractivity contribution in [1.29, 1.82) is 0 Å². The summed E-state index contributed by atoms with van der Waals surface area (Å²) in [7, 11) is 2.22. The highest BCUT2D eigenvalue weighted by atomic mass is 15.1. The van der Waals surface area contributed by atoms with Gasteiger partial charge in [-0.15, -0.1) is 0 Å². The average Bonchev–Trinajstić information content (AvgIpc) is 2.34. The van der Waals surface area contributed by atoms with Crippen LogP contribution in [-0.4, -0.2) is 25.0 Å². The van der Waals surface area contributed by atoms with E-state index in [9.17, 15) is 0 Å². The Morgan fingerprint density at radius 3 is 2.70 bits per heavy atom. The molecule has 0 spiro atoms. The second-order valence-electron chi connectivity index (χ2n) is 3.70. The van der Waals surface area contributed by atoms with E-state index in [-0.39, 0.29) is 0 Å². The van der Waals surface area contributed by atoms with Gasteiger partial charge in [0.05, 0.1) is 0 Å². The van der Waals surface area contributed by atoms with Crippen LogP contribution in [-0.2, 0) is 0 Å². The van der Waals surface area contributed by atoms with E-state index >= 15 is 0 Å². The van der Waals surface area contributed by atoms with Crippen molar-refractivity contribution in [3.8, 4) is 0 Å². The monoisotopic (exact) mass is 141 g/mol. The summed E-state index contributed by atoms with van der Waals surface area (Å²) >= 11 is 0. The lowest BCUT2D eigenvalue weighted by Crippen LogP contribution is -2.17. The van der Waals surface area contributed by atoms with E-state index in [2.05, 4.69) is 25.8 Å². The van der Waals surface area contributed by atoms with E-state index in [1.807, 2.05) is 0 Å². The van der Waals surface area contributed by atoms with E-state index in [4.69, 9.17) is 0 Å². The van der Waals surface area contributed by atoms with E-state index in [1.54, 1.807) is 0 Å². The van der Waals surface area contributed by atoms with Crippen LogP contribution in [0.4, 0.5) is 0 Å². The van der Waals surface area contributed by atoms with Gasteiger partial charge >= 0.3 is 0 Å². The Morgan fingerprint density at radius 1 is 1.60 bits per heavy atom. The van der Waals surface area contributed by atoms with E-state index in [1.165, 1.54) is 25.9 Å². The van der Waals surface area contributed by atoms with Crippen molar-refractivity contribution in [3.63, 3.8) is 0 Å². The zero-order valence-corrected chi connectivity index (χ0v) is 7.43. The third-order valence-electron chi connectivity index (χ3n) is 2.88. The van der Waals surface area contributed by atoms with Gasteiger partial charge in [0.25, 0.3) is 0 Å². The fraction of sp³-hybridized carbons (Fsp3) is 1.00. The number of hydrogen-bond donors (Lipinski definition) is 0. The third kappa shape index (κ3) is 1.72. The molecule has 1 unspecified atom stereocenters. The number of hydrogen-bond acceptors (Lipinski definition) is 1. The molecule has 0 aromatic rings. The number of likely N-dealkylation sites (tertiary alicyclic amines) is 1. The van der Waals surface area contributed by atoms with Crippen LogP contribution in [0.5, 0.6) is 0 Å². The lowest BCUT2D eigenvalue weighted by Gasteiger charge is -2.16. The molecule has 0 N–H and O–H groups in total. The lowest BCUT2D eigenvalue weighted by molar-refractivity contribution is 0.330. The number of nitrogens with zero attached hydrogens (tertiary/aromatic N) is 1. The zero-order valence-electron chi connectivity index (χ0n) is 7.43. The van der Waals surface area contributed by atoms with Gasteiger partial charge in [0.15, 0.2) is 0 Å². The molecule has 1 nitrogen and oxygen atoms in total. The SMILES string of the molecule is CCC(C)[C@@H]1CCN(C)C1. The van der Waals surface area contributed by atoms with E-state index in [0.717, 1.165) is 11.8 Å². The largest absolute Gasteiger partial charge is 0.306 e. The standard InChI is InChI=1S/C9H19N/c1-4-8(2)9-5-6-10(3)7-9/h8-9H,4-7H2,1-3H3/t8?,9-/m1/s1. The van der Waals surface area contributed by atoms with Crippen molar-refractivity contribution in [2.45, 2.75) is 26.7 Å². The molecule has 0 amide bonds. The van der Waals surface area contributed by atoms with E-state index in [0.29, 0.717) is 0 Å². The van der Waals surface area contributed by atoms with E-state index < -0.39 is 0 Å². The zero-order chi connectivity index (χ0) is 7.56. The first-order chi connectivity index (χ1) is 4.74. The van der Waals surface area contributed by atoms with Gasteiger partial charge in [0, 0.05) is 6.54 Å². The van der Waals surface area contributed by atoms with Crippen LogP contribution < -0.4 is 0 Å². The molecular formula is C9H19N. The van der Waals surface area contributed by atoms with Crippen LogP contribution in [0.2, 0.25) is 0 Å². The predicted molar refractivity (Wildman–Crippen MR) is 45.1 cm³/mol. The summed E-state index contributed by atoms with van der Waals surface area (Å²) in [6.45, 7) is 7.32. The smallest absolute Gasteiger partial charge is 0.000963 e. The van der Waals surface area contributed by atoms with Gasteiger partial charge in [0.1, 0.15) is 0 Å². The number of rotatable bonds is 2. The second kappa shape index (κ2) is 3.38. The first-order valence-electron chi connectivity index (χ1n) is 4.42. The van der Waals surface area contributed by atoms with Crippen molar-refractivity contribution >= 4 is 0 Å². The Hall–Kier alpha value is -0.0400. The second-order valence-corrected chi connectivity index (χ2v) is 3.70. The minimum Gasteiger partial charge on any atom is -0.306 e. The van der Waals surface area contributed by atoms with Crippen molar-refractivity contribution in [2.75, 3.05) is 20.1 Å². The summed E-state index contributed by atoms with van der Waals surface area (Å²) in [5.74, 6) is 1.92. The molecule has 0 bridgehead atoms. The Bertz CT molecular complexity index is 101. The van der Waals surface area contributed by atoms with Crippen LogP contribution in [0, 0.1) is 11.8 Å². The topological polar surface area (TPSA) is 3.24 Å². The lowest BCUT2D eigenvalue weighted by atomic mass is 9.91. The van der Waals surface area contributed by atoms with Crippen molar-refractivity contribution < 1.29 is 0 Å². The highest BCUT2D eigenvalue weighted by Gasteiger charge is 2.23.